The van der Waals surface area contributed by atoms with Gasteiger partial charge in [-0.1, -0.05) is 24.3 Å². The number of nitrogens with two attached hydrogens (primary N) is 1. The minimum atomic E-state index is 0.0418. The summed E-state index contributed by atoms with van der Waals surface area (Å²) in [5, 5.41) is 0. The highest BCUT2D eigenvalue weighted by atomic mass is 16.5. The van der Waals surface area contributed by atoms with E-state index in [9.17, 15) is 4.79 Å². The molecule has 0 saturated carbocycles. The molecule has 0 amide bonds. The van der Waals surface area contributed by atoms with Crippen LogP contribution in [-0.2, 0) is 11.2 Å². The lowest BCUT2D eigenvalue weighted by molar-refractivity contribution is 0.103. The number of methoxy groups -OCH3 is 1. The highest BCUT2D eigenvalue weighted by Crippen LogP contribution is 2.26. The summed E-state index contributed by atoms with van der Waals surface area (Å²) < 4.78 is 4.93. The molecule has 0 atom stereocenters. The van der Waals surface area contributed by atoms with Crippen molar-refractivity contribution in [3.63, 3.8) is 0 Å². The topological polar surface area (TPSA) is 52.3 Å². The summed E-state index contributed by atoms with van der Waals surface area (Å²) >= 11 is 0. The molecule has 0 aromatic heterocycles. The molecule has 0 fully saturated rings. The van der Waals surface area contributed by atoms with Gasteiger partial charge in [-0.15, -0.1) is 0 Å². The Morgan fingerprint density at radius 3 is 2.87 bits per heavy atom. The molecule has 0 saturated heterocycles. The molecule has 0 spiro atoms. The van der Waals surface area contributed by atoms with Gasteiger partial charge in [-0.05, 0) is 5.56 Å². The van der Waals surface area contributed by atoms with Gasteiger partial charge in [-0.25, -0.2) is 0 Å². The van der Waals surface area contributed by atoms with Crippen LogP contribution < -0.4 is 5.73 Å². The number of carbonyl (C=O) groups excluding carboxylic acids is 1. The third-order valence-electron chi connectivity index (χ3n) is 2.59. The van der Waals surface area contributed by atoms with Crippen LogP contribution in [0.25, 0.3) is 0 Å². The molecule has 2 N–H and O–H groups in total. The molecule has 0 unspecified atom stereocenters. The third kappa shape index (κ3) is 1.66. The zero-order chi connectivity index (χ0) is 10.8. The van der Waals surface area contributed by atoms with Crippen molar-refractivity contribution in [3.8, 4) is 0 Å². The Bertz CT molecular complexity index is 435. The molecule has 1 aromatic carbocycles. The van der Waals surface area contributed by atoms with E-state index in [-0.39, 0.29) is 5.78 Å². The summed E-state index contributed by atoms with van der Waals surface area (Å²) in [6, 6.07) is 7.60. The van der Waals surface area contributed by atoms with Gasteiger partial charge in [0.2, 0.25) is 0 Å². The Morgan fingerprint density at radius 1 is 1.47 bits per heavy atom. The van der Waals surface area contributed by atoms with Crippen LogP contribution in [0.15, 0.2) is 35.5 Å². The molecule has 3 heteroatoms. The third-order valence-corrected chi connectivity index (χ3v) is 2.59. The number of fused-ring (bicyclic) bond motifs is 1. The molecule has 0 heterocycles. The lowest BCUT2D eigenvalue weighted by atomic mass is 10.1. The second-order valence-electron chi connectivity index (χ2n) is 3.60. The number of carbonyl (C=O) groups is 1. The maximum absolute atomic E-state index is 11.9. The summed E-state index contributed by atoms with van der Waals surface area (Å²) in [5.41, 5.74) is 8.83. The van der Waals surface area contributed by atoms with Crippen molar-refractivity contribution in [2.24, 2.45) is 5.73 Å². The number of hydrogen-bond donors (Lipinski definition) is 1. The summed E-state index contributed by atoms with van der Waals surface area (Å²) in [4.78, 5) is 11.9. The first-order valence-corrected chi connectivity index (χ1v) is 4.83. The molecule has 1 aliphatic carbocycles. The Labute approximate surface area is 88.5 Å². The van der Waals surface area contributed by atoms with Crippen molar-refractivity contribution in [2.75, 3.05) is 13.7 Å². The highest BCUT2D eigenvalue weighted by molar-refractivity contribution is 6.13. The fraction of sp³-hybridized carbons (Fsp3) is 0.250. The van der Waals surface area contributed by atoms with Crippen molar-refractivity contribution < 1.29 is 9.53 Å². The van der Waals surface area contributed by atoms with Gasteiger partial charge >= 0.3 is 0 Å². The largest absolute Gasteiger partial charge is 0.400 e. The van der Waals surface area contributed by atoms with Crippen LogP contribution in [0.3, 0.4) is 0 Å². The summed E-state index contributed by atoms with van der Waals surface area (Å²) in [6.07, 6.45) is 0.629. The minimum absolute atomic E-state index is 0.0418. The van der Waals surface area contributed by atoms with E-state index in [2.05, 4.69) is 0 Å². The van der Waals surface area contributed by atoms with Crippen LogP contribution in [0.4, 0.5) is 0 Å². The van der Waals surface area contributed by atoms with Crippen LogP contribution in [-0.4, -0.2) is 19.5 Å². The quantitative estimate of drug-likeness (QED) is 0.737. The average molecular weight is 203 g/mol. The monoisotopic (exact) mass is 203 g/mol. The summed E-state index contributed by atoms with van der Waals surface area (Å²) in [6.45, 7) is 0.315. The number of Topliss-reactive ketones (excluding diaryl/α,β-unsaturated/α-hetero) is 1. The van der Waals surface area contributed by atoms with Crippen molar-refractivity contribution in [3.05, 3.63) is 46.7 Å². The first-order chi connectivity index (χ1) is 7.24. The van der Waals surface area contributed by atoms with Gasteiger partial charge in [0.25, 0.3) is 0 Å². The first kappa shape index (κ1) is 9.93. The normalized spacial score (nSPS) is 17.8. The van der Waals surface area contributed by atoms with Gasteiger partial charge in [0.15, 0.2) is 5.78 Å². The van der Waals surface area contributed by atoms with E-state index < -0.39 is 0 Å². The zero-order valence-electron chi connectivity index (χ0n) is 8.62. The minimum Gasteiger partial charge on any atom is -0.400 e. The van der Waals surface area contributed by atoms with Gasteiger partial charge in [0.1, 0.15) is 0 Å². The molecular formula is C12H13NO2. The summed E-state index contributed by atoms with van der Waals surface area (Å²) in [7, 11) is 1.57. The van der Waals surface area contributed by atoms with E-state index in [1.807, 2.05) is 24.3 Å². The number of ketones is 1. The molecule has 0 aliphatic heterocycles. The van der Waals surface area contributed by atoms with Crippen LogP contribution in [0.1, 0.15) is 15.9 Å². The first-order valence-electron chi connectivity index (χ1n) is 4.83. The van der Waals surface area contributed by atoms with E-state index in [4.69, 9.17) is 10.5 Å². The molecule has 0 radical (unpaired) electrons. The van der Waals surface area contributed by atoms with Crippen molar-refractivity contribution in [2.45, 2.75) is 6.42 Å². The van der Waals surface area contributed by atoms with Crippen molar-refractivity contribution >= 4 is 5.78 Å². The Hall–Kier alpha value is -1.61. The lowest BCUT2D eigenvalue weighted by Gasteiger charge is -2.02. The maximum Gasteiger partial charge on any atom is 0.191 e. The van der Waals surface area contributed by atoms with Crippen LogP contribution in [0.5, 0.6) is 0 Å². The molecular weight excluding hydrogens is 190 g/mol. The van der Waals surface area contributed by atoms with E-state index in [1.54, 1.807) is 7.11 Å². The lowest BCUT2D eigenvalue weighted by Crippen LogP contribution is -2.12. The standard InChI is InChI=1S/C12H13NO2/c1-15-7-11(13)10-6-8-4-2-3-5-9(8)12(10)14/h2-5H,6-7,13H2,1H3/b11-10-. The van der Waals surface area contributed by atoms with Crippen LogP contribution in [0, 0.1) is 0 Å². The van der Waals surface area contributed by atoms with Gasteiger partial charge in [-0.3, -0.25) is 4.79 Å². The van der Waals surface area contributed by atoms with E-state index >= 15 is 0 Å². The van der Waals surface area contributed by atoms with Crippen LogP contribution >= 0.6 is 0 Å². The average Bonchev–Trinajstić information content (AvgIpc) is 2.57. The van der Waals surface area contributed by atoms with Crippen molar-refractivity contribution in [1.29, 1.82) is 0 Å². The van der Waals surface area contributed by atoms with Gasteiger partial charge in [0.05, 0.1) is 6.61 Å². The predicted octanol–water partition coefficient (Wildman–Crippen LogP) is 1.28. The van der Waals surface area contributed by atoms with Gasteiger partial charge < -0.3 is 10.5 Å². The van der Waals surface area contributed by atoms with E-state index in [1.165, 1.54) is 0 Å². The van der Waals surface area contributed by atoms with Crippen molar-refractivity contribution in [1.82, 2.24) is 0 Å². The molecule has 78 valence electrons. The number of ether oxygens (including phenoxy) is 1. The zero-order valence-corrected chi connectivity index (χ0v) is 8.62. The number of rotatable bonds is 2. The Morgan fingerprint density at radius 2 is 2.20 bits per heavy atom. The summed E-state index contributed by atoms with van der Waals surface area (Å²) in [5.74, 6) is 0.0418. The molecule has 15 heavy (non-hydrogen) atoms. The SMILES string of the molecule is COC/C(N)=C1\Cc2ccccc2C1=O. The number of hydrogen-bond acceptors (Lipinski definition) is 3. The number of allylic oxidation sites excluding steroid dienone is 1. The fourth-order valence-corrected chi connectivity index (χ4v) is 1.83. The molecule has 3 nitrogen and oxygen atoms in total. The van der Waals surface area contributed by atoms with E-state index in [0.29, 0.717) is 24.3 Å². The number of benzene rings is 1. The molecule has 2 rings (SSSR count). The fourth-order valence-electron chi connectivity index (χ4n) is 1.83. The second kappa shape index (κ2) is 3.87. The van der Waals surface area contributed by atoms with Gasteiger partial charge in [0, 0.05) is 30.4 Å². The predicted molar refractivity (Wildman–Crippen MR) is 57.6 cm³/mol. The van der Waals surface area contributed by atoms with Crippen LogP contribution in [0.2, 0.25) is 0 Å². The molecule has 1 aromatic rings. The van der Waals surface area contributed by atoms with Gasteiger partial charge in [-0.2, -0.15) is 0 Å². The Balaban J connectivity index is 2.39. The highest BCUT2D eigenvalue weighted by Gasteiger charge is 2.26. The maximum atomic E-state index is 11.9. The van der Waals surface area contributed by atoms with E-state index in [0.717, 1.165) is 11.1 Å². The second-order valence-corrected chi connectivity index (χ2v) is 3.60. The molecule has 1 aliphatic rings. The Kier molecular flexibility index (Phi) is 2.56. The molecule has 0 bridgehead atoms. The smallest absolute Gasteiger partial charge is 0.191 e.